The first kappa shape index (κ1) is 15.0. The van der Waals surface area contributed by atoms with Gasteiger partial charge in [0.1, 0.15) is 5.03 Å². The van der Waals surface area contributed by atoms with Crippen LogP contribution in [0.15, 0.2) is 27.8 Å². The number of hydrogen-bond donors (Lipinski definition) is 1. The van der Waals surface area contributed by atoms with Gasteiger partial charge in [0.05, 0.1) is 0 Å². The molecule has 0 radical (unpaired) electrons. The van der Waals surface area contributed by atoms with E-state index in [1.165, 1.54) is 19.3 Å². The summed E-state index contributed by atoms with van der Waals surface area (Å²) in [6, 6.07) is 3.98. The second-order valence-corrected chi connectivity index (χ2v) is 6.41. The van der Waals surface area contributed by atoms with E-state index in [0.717, 1.165) is 22.6 Å². The molecule has 4 heteroatoms. The van der Waals surface area contributed by atoms with Gasteiger partial charge in [-0.2, -0.15) is 0 Å². The molecule has 0 aliphatic heterocycles. The fourth-order valence-corrected chi connectivity index (χ4v) is 2.92. The summed E-state index contributed by atoms with van der Waals surface area (Å²) < 4.78 is 1.09. The van der Waals surface area contributed by atoms with E-state index >= 15 is 0 Å². The lowest BCUT2D eigenvalue weighted by Gasteiger charge is -2.12. The first-order valence-electron chi connectivity index (χ1n) is 6.22. The summed E-state index contributed by atoms with van der Waals surface area (Å²) in [4.78, 5) is 4.36. The van der Waals surface area contributed by atoms with E-state index in [1.54, 1.807) is 0 Å². The molecule has 17 heavy (non-hydrogen) atoms. The van der Waals surface area contributed by atoms with E-state index in [-0.39, 0.29) is 0 Å². The minimum Gasteiger partial charge on any atom is -0.316 e. The lowest BCUT2D eigenvalue weighted by Crippen LogP contribution is -2.23. The summed E-state index contributed by atoms with van der Waals surface area (Å²) in [7, 11) is 0. The maximum absolute atomic E-state index is 4.36. The number of hydrogen-bond acceptors (Lipinski definition) is 3. The van der Waals surface area contributed by atoms with Crippen molar-refractivity contribution >= 4 is 27.7 Å². The molecule has 0 fully saturated rings. The van der Waals surface area contributed by atoms with Gasteiger partial charge in [0.2, 0.25) is 0 Å². The largest absolute Gasteiger partial charge is 0.316 e. The van der Waals surface area contributed by atoms with E-state index in [4.69, 9.17) is 0 Å². The highest BCUT2D eigenvalue weighted by Crippen LogP contribution is 2.27. The molecule has 0 bridgehead atoms. The van der Waals surface area contributed by atoms with E-state index in [1.807, 2.05) is 30.1 Å². The topological polar surface area (TPSA) is 24.9 Å². The molecule has 1 aromatic rings. The number of unbranched alkanes of at least 4 members (excludes halogenated alkanes) is 2. The number of halogens is 1. The summed E-state index contributed by atoms with van der Waals surface area (Å²) >= 11 is 5.34. The van der Waals surface area contributed by atoms with Gasteiger partial charge in [-0.05, 0) is 41.0 Å². The average molecular weight is 317 g/mol. The van der Waals surface area contributed by atoms with Crippen LogP contribution in [0, 0.1) is 0 Å². The fraction of sp³-hybridized carbons (Fsp3) is 0.615. The highest BCUT2D eigenvalue weighted by Gasteiger charge is 2.07. The smallest absolute Gasteiger partial charge is 0.110 e. The van der Waals surface area contributed by atoms with Crippen LogP contribution < -0.4 is 5.32 Å². The molecule has 96 valence electrons. The molecule has 0 saturated carbocycles. The van der Waals surface area contributed by atoms with Crippen LogP contribution in [0.2, 0.25) is 0 Å². The molecule has 1 N–H and O–H groups in total. The first-order valence-corrected chi connectivity index (χ1v) is 7.89. The number of rotatable bonds is 8. The number of aromatic nitrogens is 1. The predicted molar refractivity (Wildman–Crippen MR) is 79.7 cm³/mol. The normalized spacial score (nSPS) is 12.6. The Labute approximate surface area is 117 Å². The zero-order valence-corrected chi connectivity index (χ0v) is 13.0. The van der Waals surface area contributed by atoms with Crippen LogP contribution in [0.5, 0.6) is 0 Å². The first-order chi connectivity index (χ1) is 8.24. The minimum absolute atomic E-state index is 0.544. The van der Waals surface area contributed by atoms with Crippen LogP contribution in [-0.2, 0) is 0 Å². The quantitative estimate of drug-likeness (QED) is 0.577. The van der Waals surface area contributed by atoms with Gasteiger partial charge in [-0.25, -0.2) is 4.98 Å². The Balaban J connectivity index is 2.21. The van der Waals surface area contributed by atoms with Crippen LogP contribution in [0.1, 0.15) is 33.1 Å². The Morgan fingerprint density at radius 3 is 3.00 bits per heavy atom. The third-order valence-corrected chi connectivity index (χ3v) is 4.45. The number of nitrogens with one attached hydrogen (secondary N) is 1. The monoisotopic (exact) mass is 316 g/mol. The maximum Gasteiger partial charge on any atom is 0.110 e. The zero-order chi connectivity index (χ0) is 12.5. The molecular weight excluding hydrogens is 296 g/mol. The molecule has 2 nitrogen and oxygen atoms in total. The van der Waals surface area contributed by atoms with Gasteiger partial charge in [-0.15, -0.1) is 11.8 Å². The van der Waals surface area contributed by atoms with Crippen molar-refractivity contribution in [2.75, 3.05) is 13.1 Å². The second-order valence-electron chi connectivity index (χ2n) is 4.13. The molecule has 0 aromatic carbocycles. The predicted octanol–water partition coefficient (Wildman–Crippen LogP) is 4.10. The van der Waals surface area contributed by atoms with Crippen LogP contribution >= 0.6 is 27.7 Å². The molecule has 1 atom stereocenters. The third kappa shape index (κ3) is 6.43. The van der Waals surface area contributed by atoms with Crippen molar-refractivity contribution in [2.45, 2.75) is 43.4 Å². The Morgan fingerprint density at radius 1 is 1.47 bits per heavy atom. The Kier molecular flexibility index (Phi) is 7.90. The SMILES string of the molecule is CCCCCNCC(C)Sc1ncccc1Br. The zero-order valence-electron chi connectivity index (χ0n) is 10.6. The van der Waals surface area contributed by atoms with Crippen LogP contribution in [0.4, 0.5) is 0 Å². The molecule has 0 aliphatic rings. The average Bonchev–Trinajstić information content (AvgIpc) is 2.32. The Hall–Kier alpha value is -0.0600. The molecule has 1 rings (SSSR count). The van der Waals surface area contributed by atoms with E-state index in [0.29, 0.717) is 5.25 Å². The van der Waals surface area contributed by atoms with E-state index in [2.05, 4.69) is 40.1 Å². The number of thioether (sulfide) groups is 1. The van der Waals surface area contributed by atoms with Gasteiger partial charge in [0.15, 0.2) is 0 Å². The van der Waals surface area contributed by atoms with Gasteiger partial charge < -0.3 is 5.32 Å². The molecule has 0 aliphatic carbocycles. The summed E-state index contributed by atoms with van der Waals surface area (Å²) in [5.74, 6) is 0. The molecular formula is C13H21BrN2S. The van der Waals surface area contributed by atoms with Gasteiger partial charge in [0.25, 0.3) is 0 Å². The van der Waals surface area contributed by atoms with Crippen molar-refractivity contribution in [3.63, 3.8) is 0 Å². The van der Waals surface area contributed by atoms with Gasteiger partial charge >= 0.3 is 0 Å². The van der Waals surface area contributed by atoms with Gasteiger partial charge in [-0.3, -0.25) is 0 Å². The Bertz CT molecular complexity index is 320. The van der Waals surface area contributed by atoms with Crippen molar-refractivity contribution in [1.29, 1.82) is 0 Å². The number of nitrogens with zero attached hydrogens (tertiary/aromatic N) is 1. The van der Waals surface area contributed by atoms with Crippen molar-refractivity contribution in [3.05, 3.63) is 22.8 Å². The summed E-state index contributed by atoms with van der Waals surface area (Å²) in [5.41, 5.74) is 0. The highest BCUT2D eigenvalue weighted by atomic mass is 79.9. The number of pyridine rings is 1. The fourth-order valence-electron chi connectivity index (χ4n) is 1.50. The van der Waals surface area contributed by atoms with Gasteiger partial charge in [-0.1, -0.05) is 26.7 Å². The molecule has 0 saturated heterocycles. The van der Waals surface area contributed by atoms with Crippen LogP contribution in [0.3, 0.4) is 0 Å². The van der Waals surface area contributed by atoms with Crippen molar-refractivity contribution in [1.82, 2.24) is 10.3 Å². The lowest BCUT2D eigenvalue weighted by atomic mass is 10.2. The Morgan fingerprint density at radius 2 is 2.29 bits per heavy atom. The molecule has 0 spiro atoms. The van der Waals surface area contributed by atoms with Crippen LogP contribution in [-0.4, -0.2) is 23.3 Å². The van der Waals surface area contributed by atoms with Gasteiger partial charge in [0, 0.05) is 22.5 Å². The molecule has 0 amide bonds. The minimum atomic E-state index is 0.544. The van der Waals surface area contributed by atoms with E-state index < -0.39 is 0 Å². The summed E-state index contributed by atoms with van der Waals surface area (Å²) in [6.07, 6.45) is 5.73. The summed E-state index contributed by atoms with van der Waals surface area (Å²) in [5, 5.41) is 5.12. The molecule has 1 heterocycles. The van der Waals surface area contributed by atoms with Crippen molar-refractivity contribution in [2.24, 2.45) is 0 Å². The van der Waals surface area contributed by atoms with E-state index in [9.17, 15) is 0 Å². The lowest BCUT2D eigenvalue weighted by molar-refractivity contribution is 0.615. The van der Waals surface area contributed by atoms with Crippen molar-refractivity contribution in [3.8, 4) is 0 Å². The summed E-state index contributed by atoms with van der Waals surface area (Å²) in [6.45, 7) is 6.63. The molecule has 1 unspecified atom stereocenters. The van der Waals surface area contributed by atoms with Crippen molar-refractivity contribution < 1.29 is 0 Å². The standard InChI is InChI=1S/C13H21BrN2S/c1-3-4-5-8-15-10-11(2)17-13-12(14)7-6-9-16-13/h6-7,9,11,15H,3-5,8,10H2,1-2H3. The third-order valence-electron chi connectivity index (χ3n) is 2.43. The highest BCUT2D eigenvalue weighted by molar-refractivity contribution is 9.10. The molecule has 1 aromatic heterocycles. The maximum atomic E-state index is 4.36. The van der Waals surface area contributed by atoms with Crippen LogP contribution in [0.25, 0.3) is 0 Å². The second kappa shape index (κ2) is 8.95.